The molecule has 3 aromatic rings. The van der Waals surface area contributed by atoms with Crippen LogP contribution in [0.25, 0.3) is 0 Å². The molecule has 0 aliphatic rings. The monoisotopic (exact) mass is 421 g/mol. The Morgan fingerprint density at radius 1 is 0.828 bits per heavy atom. The molecule has 1 unspecified atom stereocenters. The van der Waals surface area contributed by atoms with Gasteiger partial charge in [-0.25, -0.2) is 0 Å². The first-order chi connectivity index (χ1) is 14.0. The number of carbonyl (C=O) groups is 1. The molecule has 4 nitrogen and oxygen atoms in total. The highest BCUT2D eigenvalue weighted by Gasteiger charge is 2.15. The number of thiocarbonyl (C=S) groups is 1. The summed E-state index contributed by atoms with van der Waals surface area (Å²) in [6.07, 6.45) is 0. The Morgan fingerprint density at radius 2 is 1.45 bits per heavy atom. The predicted molar refractivity (Wildman–Crippen MR) is 128 cm³/mol. The van der Waals surface area contributed by atoms with Crippen LogP contribution in [0, 0.1) is 6.92 Å². The number of rotatable bonds is 6. The third-order valence-electron chi connectivity index (χ3n) is 4.12. The molecule has 148 valence electrons. The molecule has 0 saturated heterocycles. The average molecular weight is 422 g/mol. The normalized spacial score (nSPS) is 11.4. The number of anilines is 3. The highest BCUT2D eigenvalue weighted by atomic mass is 32.2. The van der Waals surface area contributed by atoms with E-state index in [-0.39, 0.29) is 11.2 Å². The van der Waals surface area contributed by atoms with E-state index in [1.54, 1.807) is 0 Å². The highest BCUT2D eigenvalue weighted by Crippen LogP contribution is 2.26. The third kappa shape index (κ3) is 6.62. The lowest BCUT2D eigenvalue weighted by Crippen LogP contribution is -2.22. The fraction of sp³-hybridized carbons (Fsp3) is 0.130. The Labute approximate surface area is 181 Å². The number of aryl methyl sites for hydroxylation is 1. The maximum Gasteiger partial charge on any atom is 0.237 e. The van der Waals surface area contributed by atoms with Gasteiger partial charge in [-0.15, -0.1) is 11.8 Å². The van der Waals surface area contributed by atoms with Crippen molar-refractivity contribution < 1.29 is 4.79 Å². The van der Waals surface area contributed by atoms with Gasteiger partial charge in [0.2, 0.25) is 5.91 Å². The molecule has 29 heavy (non-hydrogen) atoms. The number of hydrogen-bond acceptors (Lipinski definition) is 3. The molecule has 0 heterocycles. The van der Waals surface area contributed by atoms with Crippen LogP contribution in [0.4, 0.5) is 17.1 Å². The van der Waals surface area contributed by atoms with E-state index in [0.717, 1.165) is 22.0 Å². The first kappa shape index (κ1) is 20.9. The molecule has 0 fully saturated rings. The van der Waals surface area contributed by atoms with E-state index in [1.165, 1.54) is 17.3 Å². The molecule has 0 aromatic heterocycles. The zero-order chi connectivity index (χ0) is 20.6. The van der Waals surface area contributed by atoms with Crippen molar-refractivity contribution >= 4 is 52.1 Å². The lowest BCUT2D eigenvalue weighted by Gasteiger charge is -2.14. The summed E-state index contributed by atoms with van der Waals surface area (Å²) in [6.45, 7) is 3.94. The number of carbonyl (C=O) groups excluding carboxylic acids is 1. The standard InChI is InChI=1S/C23H23N3OS2/c1-16-11-13-19(14-12-16)25-23(28)26-20-9-6-10-21(15-20)29-17(2)22(27)24-18-7-4-3-5-8-18/h3-15,17H,1-2H3,(H,24,27)(H2,25,26,28). The number of amides is 1. The Kier molecular flexibility index (Phi) is 7.27. The van der Waals surface area contributed by atoms with Crippen LogP contribution in [0.2, 0.25) is 0 Å². The first-order valence-corrected chi connectivity index (χ1v) is 10.6. The van der Waals surface area contributed by atoms with Crippen molar-refractivity contribution in [3.05, 3.63) is 84.4 Å². The van der Waals surface area contributed by atoms with Gasteiger partial charge in [0, 0.05) is 22.0 Å². The summed E-state index contributed by atoms with van der Waals surface area (Å²) < 4.78 is 0. The quantitative estimate of drug-likeness (QED) is 0.340. The van der Waals surface area contributed by atoms with Crippen LogP contribution in [-0.4, -0.2) is 16.3 Å². The lowest BCUT2D eigenvalue weighted by molar-refractivity contribution is -0.115. The molecule has 3 aromatic carbocycles. The van der Waals surface area contributed by atoms with Crippen molar-refractivity contribution in [3.63, 3.8) is 0 Å². The summed E-state index contributed by atoms with van der Waals surface area (Å²) in [7, 11) is 0. The minimum atomic E-state index is -0.233. The fourth-order valence-corrected chi connectivity index (χ4v) is 3.76. The number of para-hydroxylation sites is 1. The van der Waals surface area contributed by atoms with Gasteiger partial charge in [-0.1, -0.05) is 42.0 Å². The van der Waals surface area contributed by atoms with E-state index in [1.807, 2.05) is 92.7 Å². The summed E-state index contributed by atoms with van der Waals surface area (Å²) in [5.74, 6) is -0.0314. The van der Waals surface area contributed by atoms with Crippen molar-refractivity contribution in [2.24, 2.45) is 0 Å². The molecule has 0 aliphatic carbocycles. The second-order valence-corrected chi connectivity index (χ2v) is 8.41. The van der Waals surface area contributed by atoms with E-state index in [9.17, 15) is 4.79 Å². The van der Waals surface area contributed by atoms with Gasteiger partial charge >= 0.3 is 0 Å². The summed E-state index contributed by atoms with van der Waals surface area (Å²) in [6, 6.07) is 25.4. The van der Waals surface area contributed by atoms with Gasteiger partial charge in [0.1, 0.15) is 0 Å². The highest BCUT2D eigenvalue weighted by molar-refractivity contribution is 8.00. The van der Waals surface area contributed by atoms with Crippen LogP contribution >= 0.6 is 24.0 Å². The SMILES string of the molecule is Cc1ccc(NC(=S)Nc2cccc(SC(C)C(=O)Nc3ccccc3)c2)cc1. The first-order valence-electron chi connectivity index (χ1n) is 9.27. The second-order valence-electron chi connectivity index (χ2n) is 6.59. The Bertz CT molecular complexity index is 975. The predicted octanol–water partition coefficient (Wildman–Crippen LogP) is 5.92. The zero-order valence-corrected chi connectivity index (χ0v) is 17.9. The Hall–Kier alpha value is -2.83. The second kappa shape index (κ2) is 10.1. The molecular formula is C23H23N3OS2. The van der Waals surface area contributed by atoms with E-state index in [4.69, 9.17) is 12.2 Å². The van der Waals surface area contributed by atoms with Crippen LogP contribution in [-0.2, 0) is 4.79 Å². The molecule has 0 saturated carbocycles. The molecular weight excluding hydrogens is 398 g/mol. The van der Waals surface area contributed by atoms with Crippen molar-refractivity contribution in [2.45, 2.75) is 24.0 Å². The van der Waals surface area contributed by atoms with Gasteiger partial charge in [-0.3, -0.25) is 4.79 Å². The number of thioether (sulfide) groups is 1. The Morgan fingerprint density at radius 3 is 2.17 bits per heavy atom. The number of nitrogens with one attached hydrogen (secondary N) is 3. The van der Waals surface area contributed by atoms with E-state index in [2.05, 4.69) is 16.0 Å². The molecule has 6 heteroatoms. The fourth-order valence-electron chi connectivity index (χ4n) is 2.60. The topological polar surface area (TPSA) is 53.2 Å². The van der Waals surface area contributed by atoms with Crippen molar-refractivity contribution in [1.82, 2.24) is 0 Å². The summed E-state index contributed by atoms with van der Waals surface area (Å²) in [4.78, 5) is 13.4. The largest absolute Gasteiger partial charge is 0.332 e. The molecule has 3 rings (SSSR count). The molecule has 0 radical (unpaired) electrons. The third-order valence-corrected chi connectivity index (χ3v) is 5.42. The van der Waals surface area contributed by atoms with Crippen molar-refractivity contribution in [1.29, 1.82) is 0 Å². The number of benzene rings is 3. The maximum atomic E-state index is 12.4. The van der Waals surface area contributed by atoms with E-state index < -0.39 is 0 Å². The summed E-state index contributed by atoms with van der Waals surface area (Å²) in [5.41, 5.74) is 3.80. The van der Waals surface area contributed by atoms with Crippen LogP contribution < -0.4 is 16.0 Å². The van der Waals surface area contributed by atoms with Gasteiger partial charge in [-0.05, 0) is 68.5 Å². The van der Waals surface area contributed by atoms with Crippen LogP contribution in [0.3, 0.4) is 0 Å². The summed E-state index contributed by atoms with van der Waals surface area (Å²) >= 11 is 6.91. The van der Waals surface area contributed by atoms with E-state index in [0.29, 0.717) is 5.11 Å². The minimum Gasteiger partial charge on any atom is -0.332 e. The van der Waals surface area contributed by atoms with Gasteiger partial charge in [-0.2, -0.15) is 0 Å². The molecule has 0 spiro atoms. The molecule has 0 aliphatic heterocycles. The Balaban J connectivity index is 1.56. The van der Waals surface area contributed by atoms with Crippen molar-refractivity contribution in [3.8, 4) is 0 Å². The lowest BCUT2D eigenvalue weighted by atomic mass is 10.2. The van der Waals surface area contributed by atoms with Gasteiger partial charge < -0.3 is 16.0 Å². The summed E-state index contributed by atoms with van der Waals surface area (Å²) in [5, 5.41) is 9.59. The van der Waals surface area contributed by atoms with Crippen LogP contribution in [0.15, 0.2) is 83.8 Å². The van der Waals surface area contributed by atoms with Gasteiger partial charge in [0.25, 0.3) is 0 Å². The van der Waals surface area contributed by atoms with Crippen LogP contribution in [0.5, 0.6) is 0 Å². The zero-order valence-electron chi connectivity index (χ0n) is 16.3. The van der Waals surface area contributed by atoms with E-state index >= 15 is 0 Å². The van der Waals surface area contributed by atoms with Crippen molar-refractivity contribution in [2.75, 3.05) is 16.0 Å². The smallest absolute Gasteiger partial charge is 0.237 e. The average Bonchev–Trinajstić information content (AvgIpc) is 2.70. The molecule has 1 amide bonds. The van der Waals surface area contributed by atoms with Gasteiger partial charge in [0.15, 0.2) is 5.11 Å². The molecule has 1 atom stereocenters. The van der Waals surface area contributed by atoms with Crippen LogP contribution in [0.1, 0.15) is 12.5 Å². The minimum absolute atomic E-state index is 0.0314. The molecule has 3 N–H and O–H groups in total. The molecule has 0 bridgehead atoms. The number of hydrogen-bond donors (Lipinski definition) is 3. The van der Waals surface area contributed by atoms with Gasteiger partial charge in [0.05, 0.1) is 5.25 Å². The maximum absolute atomic E-state index is 12.4.